The molecule has 5 rings (SSSR count). The number of nitrogens with zero attached hydrogens (tertiary/aromatic N) is 4. The normalized spacial score (nSPS) is 12.9. The highest BCUT2D eigenvalue weighted by Gasteiger charge is 2.21. The van der Waals surface area contributed by atoms with Crippen molar-refractivity contribution in [3.8, 4) is 28.7 Å². The Kier molecular flexibility index (Phi) is 13.5. The van der Waals surface area contributed by atoms with Crippen molar-refractivity contribution >= 4 is 41.4 Å². The first-order valence-corrected chi connectivity index (χ1v) is 13.5. The van der Waals surface area contributed by atoms with Crippen LogP contribution in [0.1, 0.15) is 11.3 Å². The molecular weight excluding hydrogens is 595 g/mol. The second-order valence-corrected chi connectivity index (χ2v) is 9.77. The Morgan fingerprint density at radius 1 is 0.674 bits per heavy atom. The van der Waals surface area contributed by atoms with Gasteiger partial charge in [0.1, 0.15) is 5.75 Å². The topological polar surface area (TPSA) is 102 Å². The third-order valence-corrected chi connectivity index (χ3v) is 7.58. The van der Waals surface area contributed by atoms with E-state index in [0.717, 1.165) is 72.7 Å². The summed E-state index contributed by atoms with van der Waals surface area (Å²) in [7, 11) is 8.34. The number of halogens is 2. The third kappa shape index (κ3) is 7.69. The fraction of sp³-hybridized carbons (Fsp3) is 0.387. The van der Waals surface area contributed by atoms with E-state index in [9.17, 15) is 0 Å². The number of piperazine rings is 1. The van der Waals surface area contributed by atoms with Gasteiger partial charge in [0.2, 0.25) is 0 Å². The number of ether oxygens (including phenoxy) is 5. The number of fused-ring (bicyclic) bond motifs is 1. The zero-order valence-corrected chi connectivity index (χ0v) is 26.9. The van der Waals surface area contributed by atoms with Crippen LogP contribution in [0.15, 0.2) is 54.6 Å². The van der Waals surface area contributed by atoms with Crippen LogP contribution in [0.25, 0.3) is 10.9 Å². The van der Waals surface area contributed by atoms with Crippen LogP contribution in [0, 0.1) is 0 Å². The molecule has 2 N–H and O–H groups in total. The average molecular weight is 638 g/mol. The predicted molar refractivity (Wildman–Crippen MR) is 175 cm³/mol. The van der Waals surface area contributed by atoms with Crippen LogP contribution < -0.4 is 28.6 Å². The van der Waals surface area contributed by atoms with Gasteiger partial charge in [-0.15, -0.1) is 24.8 Å². The van der Waals surface area contributed by atoms with Gasteiger partial charge in [-0.3, -0.25) is 9.58 Å². The van der Waals surface area contributed by atoms with E-state index in [1.54, 1.807) is 35.5 Å². The lowest BCUT2D eigenvalue weighted by Crippen LogP contribution is -2.47. The van der Waals surface area contributed by atoms with Gasteiger partial charge < -0.3 is 34.1 Å². The highest BCUT2D eigenvalue weighted by Crippen LogP contribution is 2.35. The molecule has 0 amide bonds. The Hall–Kier alpha value is -3.57. The molecule has 0 bridgehead atoms. The molecule has 1 saturated heterocycles. The van der Waals surface area contributed by atoms with Crippen molar-refractivity contribution in [2.24, 2.45) is 0 Å². The number of hydrogen-bond donors (Lipinski definition) is 0. The summed E-state index contributed by atoms with van der Waals surface area (Å²) in [6.07, 6.45) is 0.833. The molecule has 4 aromatic rings. The lowest BCUT2D eigenvalue weighted by molar-refractivity contribution is 0.259. The zero-order valence-electron chi connectivity index (χ0n) is 25.3. The maximum absolute atomic E-state index is 5.63. The minimum Gasteiger partial charge on any atom is -0.495 e. The lowest BCUT2D eigenvalue weighted by Gasteiger charge is -2.36. The van der Waals surface area contributed by atoms with Crippen LogP contribution >= 0.6 is 24.8 Å². The summed E-state index contributed by atoms with van der Waals surface area (Å²) >= 11 is 0. The quantitative estimate of drug-likeness (QED) is 0.237. The Labute approximate surface area is 265 Å². The maximum Gasteiger partial charge on any atom is 0.162 e. The Morgan fingerprint density at radius 2 is 1.28 bits per heavy atom. The summed E-state index contributed by atoms with van der Waals surface area (Å²) in [6, 6.07) is 18.2. The van der Waals surface area contributed by atoms with Crippen LogP contribution in [0.2, 0.25) is 0 Å². The number of hydrogen-bond acceptors (Lipinski definition) is 8. The van der Waals surface area contributed by atoms with E-state index < -0.39 is 0 Å². The summed E-state index contributed by atoms with van der Waals surface area (Å²) in [5.41, 5.74) is 4.27. The van der Waals surface area contributed by atoms with Gasteiger partial charge in [-0.25, -0.2) is 0 Å². The fourth-order valence-corrected chi connectivity index (χ4v) is 5.39. The van der Waals surface area contributed by atoms with Crippen LogP contribution in [-0.4, -0.2) is 88.4 Å². The second kappa shape index (κ2) is 16.3. The Balaban J connectivity index is 0.00000215. The van der Waals surface area contributed by atoms with Gasteiger partial charge in [0.25, 0.3) is 0 Å². The van der Waals surface area contributed by atoms with Crippen molar-refractivity contribution < 1.29 is 29.2 Å². The van der Waals surface area contributed by atoms with E-state index in [1.807, 2.05) is 47.1 Å². The molecule has 1 fully saturated rings. The van der Waals surface area contributed by atoms with Crippen molar-refractivity contribution in [1.82, 2.24) is 14.7 Å². The number of methoxy groups -OCH3 is 5. The molecule has 2 heterocycles. The maximum atomic E-state index is 5.63. The van der Waals surface area contributed by atoms with E-state index in [1.165, 1.54) is 0 Å². The SMILES string of the molecule is COc1ccc(Cn2nc(CCN3CCN(c4ccccc4OC)CC3)c3cc(OC)c(OC)cc32)cc1OC.Cl.Cl.O. The van der Waals surface area contributed by atoms with E-state index in [0.29, 0.717) is 29.5 Å². The number of benzene rings is 3. The van der Waals surface area contributed by atoms with Gasteiger partial charge in [-0.2, -0.15) is 5.10 Å². The molecule has 10 nitrogen and oxygen atoms in total. The van der Waals surface area contributed by atoms with Crippen molar-refractivity contribution in [2.45, 2.75) is 13.0 Å². The van der Waals surface area contributed by atoms with Crippen molar-refractivity contribution in [3.05, 3.63) is 65.9 Å². The largest absolute Gasteiger partial charge is 0.495 e. The highest BCUT2D eigenvalue weighted by molar-refractivity contribution is 5.86. The van der Waals surface area contributed by atoms with Gasteiger partial charge >= 0.3 is 0 Å². The molecule has 1 aliphatic heterocycles. The number of aromatic nitrogens is 2. The average Bonchev–Trinajstić information content (AvgIpc) is 3.34. The molecule has 12 heteroatoms. The molecule has 0 radical (unpaired) electrons. The van der Waals surface area contributed by atoms with Crippen LogP contribution in [-0.2, 0) is 13.0 Å². The third-order valence-electron chi connectivity index (χ3n) is 7.58. The van der Waals surface area contributed by atoms with Crippen LogP contribution in [0.3, 0.4) is 0 Å². The second-order valence-electron chi connectivity index (χ2n) is 9.77. The fourth-order valence-electron chi connectivity index (χ4n) is 5.39. The van der Waals surface area contributed by atoms with Gasteiger partial charge in [-0.05, 0) is 35.9 Å². The Bertz CT molecular complexity index is 1460. The van der Waals surface area contributed by atoms with E-state index in [2.05, 4.69) is 21.9 Å². The molecular formula is C31H42Cl2N4O6. The van der Waals surface area contributed by atoms with Crippen molar-refractivity contribution in [2.75, 3.05) is 73.2 Å². The first-order valence-electron chi connectivity index (χ1n) is 13.5. The van der Waals surface area contributed by atoms with Gasteiger partial charge in [-0.1, -0.05) is 18.2 Å². The van der Waals surface area contributed by atoms with E-state index in [4.69, 9.17) is 28.8 Å². The predicted octanol–water partition coefficient (Wildman–Crippen LogP) is 4.51. The first kappa shape index (κ1) is 35.6. The zero-order chi connectivity index (χ0) is 28.1. The summed E-state index contributed by atoms with van der Waals surface area (Å²) in [4.78, 5) is 4.91. The number of para-hydroxylation sites is 2. The lowest BCUT2D eigenvalue weighted by atomic mass is 10.1. The molecule has 43 heavy (non-hydrogen) atoms. The molecule has 0 saturated carbocycles. The van der Waals surface area contributed by atoms with Crippen LogP contribution in [0.4, 0.5) is 5.69 Å². The van der Waals surface area contributed by atoms with Crippen molar-refractivity contribution in [3.63, 3.8) is 0 Å². The van der Waals surface area contributed by atoms with E-state index >= 15 is 0 Å². The van der Waals surface area contributed by atoms with E-state index in [-0.39, 0.29) is 30.3 Å². The standard InChI is InChI=1S/C31H38N4O5.2ClH.H2O/c1-36-27-9-7-6-8-25(27)34-16-14-33(15-17-34)13-12-24-23-19-30(39-4)31(40-5)20-26(23)35(32-24)21-22-10-11-28(37-2)29(18-22)38-3;;;/h6-11,18-20H,12-17,21H2,1-5H3;2*1H;1H2. The summed E-state index contributed by atoms with van der Waals surface area (Å²) in [6.45, 7) is 5.40. The number of anilines is 1. The summed E-state index contributed by atoms with van der Waals surface area (Å²) in [5, 5.41) is 6.16. The van der Waals surface area contributed by atoms with Crippen LogP contribution in [0.5, 0.6) is 28.7 Å². The smallest absolute Gasteiger partial charge is 0.162 e. The minimum atomic E-state index is 0. The summed E-state index contributed by atoms with van der Waals surface area (Å²) in [5.74, 6) is 3.71. The summed E-state index contributed by atoms with van der Waals surface area (Å²) < 4.78 is 29.8. The van der Waals surface area contributed by atoms with Gasteiger partial charge in [0.05, 0.1) is 59.0 Å². The highest BCUT2D eigenvalue weighted by atomic mass is 35.5. The molecule has 1 aliphatic rings. The molecule has 1 aromatic heterocycles. The first-order chi connectivity index (χ1) is 19.6. The monoisotopic (exact) mass is 636 g/mol. The van der Waals surface area contributed by atoms with Gasteiger partial charge in [0, 0.05) is 50.6 Å². The molecule has 0 atom stereocenters. The van der Waals surface area contributed by atoms with Gasteiger partial charge in [0.15, 0.2) is 23.0 Å². The molecule has 0 unspecified atom stereocenters. The minimum absolute atomic E-state index is 0. The Morgan fingerprint density at radius 3 is 1.93 bits per heavy atom. The molecule has 3 aromatic carbocycles. The molecule has 236 valence electrons. The number of rotatable bonds is 11. The molecule has 0 spiro atoms. The molecule has 0 aliphatic carbocycles. The van der Waals surface area contributed by atoms with Crippen molar-refractivity contribution in [1.29, 1.82) is 0 Å².